The Hall–Kier alpha value is -0.990. The molecule has 0 aliphatic heterocycles. The number of rotatable bonds is 1. The predicted molar refractivity (Wildman–Crippen MR) is 55.7 cm³/mol. The van der Waals surface area contributed by atoms with E-state index < -0.39 is 0 Å². The maximum Gasteiger partial charge on any atom is 0.126 e. The third-order valence-electron chi connectivity index (χ3n) is 1.77. The number of hydrogen-bond acceptors (Lipinski definition) is 1. The molecular formula is C9H6Cl2N2. The molecule has 13 heavy (non-hydrogen) atoms. The zero-order valence-corrected chi connectivity index (χ0v) is 8.13. The average molecular weight is 213 g/mol. The van der Waals surface area contributed by atoms with Crippen LogP contribution in [0.2, 0.25) is 0 Å². The van der Waals surface area contributed by atoms with Gasteiger partial charge >= 0.3 is 0 Å². The molecule has 1 heterocycles. The first-order chi connectivity index (χ1) is 6.33. The Bertz CT molecular complexity index is 459. The van der Waals surface area contributed by atoms with Gasteiger partial charge in [-0.15, -0.1) is 0 Å². The predicted octanol–water partition coefficient (Wildman–Crippen LogP) is 3.27. The summed E-state index contributed by atoms with van der Waals surface area (Å²) in [5.74, 6) is 0. The summed E-state index contributed by atoms with van der Waals surface area (Å²) in [7, 11) is 0. The zero-order valence-electron chi connectivity index (χ0n) is 6.61. The Morgan fingerprint density at radius 3 is 2.92 bits per heavy atom. The van der Waals surface area contributed by atoms with Crippen LogP contribution >= 0.6 is 23.2 Å². The van der Waals surface area contributed by atoms with Crippen molar-refractivity contribution >= 4 is 39.4 Å². The number of hydrogen-bond donors (Lipinski definition) is 0. The molecule has 0 aliphatic carbocycles. The first kappa shape index (κ1) is 8.60. The minimum atomic E-state index is 0.440. The molecule has 0 aliphatic rings. The largest absolute Gasteiger partial charge is 0.288 e. The van der Waals surface area contributed by atoms with Crippen LogP contribution in [0.3, 0.4) is 0 Å². The molecule has 0 saturated carbocycles. The van der Waals surface area contributed by atoms with E-state index in [0.29, 0.717) is 5.16 Å². The van der Waals surface area contributed by atoms with Crippen LogP contribution in [-0.2, 0) is 0 Å². The molecule has 0 saturated heterocycles. The van der Waals surface area contributed by atoms with Gasteiger partial charge in [-0.25, -0.2) is 4.98 Å². The van der Waals surface area contributed by atoms with Gasteiger partial charge in [-0.1, -0.05) is 35.3 Å². The molecule has 2 nitrogen and oxygen atoms in total. The highest BCUT2D eigenvalue weighted by Crippen LogP contribution is 2.19. The number of fused-ring (bicyclic) bond motifs is 1. The molecule has 0 radical (unpaired) electrons. The molecule has 0 spiro atoms. The average Bonchev–Trinajstić information content (AvgIpc) is 2.60. The third kappa shape index (κ3) is 1.43. The fourth-order valence-corrected chi connectivity index (χ4v) is 1.42. The highest BCUT2D eigenvalue weighted by molar-refractivity contribution is 6.50. The first-order valence-corrected chi connectivity index (χ1v) is 4.52. The second-order valence-corrected chi connectivity index (χ2v) is 3.14. The third-order valence-corrected chi connectivity index (χ3v) is 2.38. The van der Waals surface area contributed by atoms with Crippen LogP contribution in [0.1, 0.15) is 0 Å². The number of para-hydroxylation sites is 2. The lowest BCUT2D eigenvalue weighted by Gasteiger charge is -1.98. The molecule has 1 aromatic heterocycles. The number of benzene rings is 1. The summed E-state index contributed by atoms with van der Waals surface area (Å²) in [6, 6.07) is 7.71. The number of nitrogens with zero attached hydrogens (tertiary/aromatic N) is 2. The molecule has 0 bridgehead atoms. The first-order valence-electron chi connectivity index (χ1n) is 3.71. The van der Waals surface area contributed by atoms with Gasteiger partial charge in [0.1, 0.15) is 11.5 Å². The molecule has 2 aromatic rings. The quantitative estimate of drug-likeness (QED) is 0.710. The van der Waals surface area contributed by atoms with E-state index in [0.717, 1.165) is 11.0 Å². The Morgan fingerprint density at radius 2 is 2.15 bits per heavy atom. The maximum absolute atomic E-state index is 5.86. The van der Waals surface area contributed by atoms with Crippen LogP contribution in [0.25, 0.3) is 16.2 Å². The standard InChI is InChI=1S/C9H6Cl2N2/c10-5-9(11)13-6-12-7-3-1-2-4-8(7)13/h1-6H/b9-5+. The van der Waals surface area contributed by atoms with Crippen molar-refractivity contribution in [3.8, 4) is 0 Å². The Labute approximate surface area is 85.4 Å². The number of aromatic nitrogens is 2. The summed E-state index contributed by atoms with van der Waals surface area (Å²) < 4.78 is 1.73. The van der Waals surface area contributed by atoms with Crippen molar-refractivity contribution in [3.05, 3.63) is 36.1 Å². The van der Waals surface area contributed by atoms with Gasteiger partial charge in [0.15, 0.2) is 0 Å². The summed E-state index contributed by atoms with van der Waals surface area (Å²) in [5.41, 5.74) is 3.17. The minimum Gasteiger partial charge on any atom is -0.288 e. The van der Waals surface area contributed by atoms with E-state index in [1.165, 1.54) is 5.54 Å². The molecule has 66 valence electrons. The Morgan fingerprint density at radius 1 is 1.38 bits per heavy atom. The Kier molecular flexibility index (Phi) is 2.25. The van der Waals surface area contributed by atoms with Crippen LogP contribution in [-0.4, -0.2) is 9.55 Å². The lowest BCUT2D eigenvalue weighted by molar-refractivity contribution is 1.16. The molecule has 2 rings (SSSR count). The van der Waals surface area contributed by atoms with Crippen molar-refractivity contribution < 1.29 is 0 Å². The van der Waals surface area contributed by atoms with Crippen molar-refractivity contribution in [2.75, 3.05) is 0 Å². The highest BCUT2D eigenvalue weighted by atomic mass is 35.5. The Balaban J connectivity index is 2.71. The van der Waals surface area contributed by atoms with E-state index >= 15 is 0 Å². The van der Waals surface area contributed by atoms with Gasteiger partial charge in [-0.05, 0) is 12.1 Å². The van der Waals surface area contributed by atoms with Crippen molar-refractivity contribution in [1.29, 1.82) is 0 Å². The van der Waals surface area contributed by atoms with Crippen molar-refractivity contribution in [2.24, 2.45) is 0 Å². The molecule has 1 aromatic carbocycles. The van der Waals surface area contributed by atoms with Gasteiger partial charge in [-0.2, -0.15) is 0 Å². The molecule has 0 atom stereocenters. The van der Waals surface area contributed by atoms with E-state index in [1.54, 1.807) is 10.9 Å². The van der Waals surface area contributed by atoms with Crippen molar-refractivity contribution in [2.45, 2.75) is 0 Å². The van der Waals surface area contributed by atoms with Crippen LogP contribution in [0.5, 0.6) is 0 Å². The summed E-state index contributed by atoms with van der Waals surface area (Å²) in [4.78, 5) is 4.17. The van der Waals surface area contributed by atoms with Gasteiger partial charge in [0.25, 0.3) is 0 Å². The van der Waals surface area contributed by atoms with Crippen LogP contribution in [0.15, 0.2) is 36.1 Å². The van der Waals surface area contributed by atoms with Crippen molar-refractivity contribution in [1.82, 2.24) is 9.55 Å². The van der Waals surface area contributed by atoms with E-state index in [4.69, 9.17) is 23.2 Å². The summed E-state index contributed by atoms with van der Waals surface area (Å²) in [6.45, 7) is 0. The molecule has 0 N–H and O–H groups in total. The smallest absolute Gasteiger partial charge is 0.126 e. The molecule has 0 unspecified atom stereocenters. The van der Waals surface area contributed by atoms with Crippen LogP contribution < -0.4 is 0 Å². The SMILES string of the molecule is Cl/C=C(\Cl)n1cnc2ccccc21. The monoisotopic (exact) mass is 212 g/mol. The number of halogens is 2. The molecule has 0 amide bonds. The highest BCUT2D eigenvalue weighted by Gasteiger charge is 2.02. The fraction of sp³-hybridized carbons (Fsp3) is 0. The lowest BCUT2D eigenvalue weighted by Crippen LogP contribution is -1.86. The van der Waals surface area contributed by atoms with Crippen molar-refractivity contribution in [3.63, 3.8) is 0 Å². The minimum absolute atomic E-state index is 0.440. The molecule has 4 heteroatoms. The van der Waals surface area contributed by atoms with Gasteiger partial charge in [-0.3, -0.25) is 4.57 Å². The van der Waals surface area contributed by atoms with Crippen LogP contribution in [0, 0.1) is 0 Å². The maximum atomic E-state index is 5.86. The second-order valence-electron chi connectivity index (χ2n) is 2.54. The zero-order chi connectivity index (χ0) is 9.26. The van der Waals surface area contributed by atoms with E-state index in [2.05, 4.69) is 4.98 Å². The van der Waals surface area contributed by atoms with Gasteiger partial charge in [0.05, 0.1) is 11.0 Å². The molecule has 0 fully saturated rings. The topological polar surface area (TPSA) is 17.8 Å². The van der Waals surface area contributed by atoms with E-state index in [9.17, 15) is 0 Å². The van der Waals surface area contributed by atoms with E-state index in [1.807, 2.05) is 24.3 Å². The summed E-state index contributed by atoms with van der Waals surface area (Å²) in [5, 5.41) is 0.440. The van der Waals surface area contributed by atoms with Crippen LogP contribution in [0.4, 0.5) is 0 Å². The normalized spacial score (nSPS) is 12.3. The summed E-state index contributed by atoms with van der Waals surface area (Å²) >= 11 is 11.4. The second kappa shape index (κ2) is 3.40. The van der Waals surface area contributed by atoms with Gasteiger partial charge in [0.2, 0.25) is 0 Å². The lowest BCUT2D eigenvalue weighted by atomic mass is 10.3. The summed E-state index contributed by atoms with van der Waals surface area (Å²) in [6.07, 6.45) is 1.64. The van der Waals surface area contributed by atoms with Gasteiger partial charge in [0, 0.05) is 5.54 Å². The molecular weight excluding hydrogens is 207 g/mol. The van der Waals surface area contributed by atoms with E-state index in [-0.39, 0.29) is 0 Å². The fourth-order valence-electron chi connectivity index (χ4n) is 1.18. The van der Waals surface area contributed by atoms with Gasteiger partial charge < -0.3 is 0 Å². The number of imidazole rings is 1.